The number of carbonyl (C=O) groups excluding carboxylic acids is 2. The Kier molecular flexibility index (Phi) is 20.5. The number of hydrogen-bond donors (Lipinski definition) is 0. The van der Waals surface area contributed by atoms with E-state index >= 15 is 0 Å². The van der Waals surface area contributed by atoms with Crippen molar-refractivity contribution in [2.75, 3.05) is 111 Å². The third-order valence-electron chi connectivity index (χ3n) is 20.1. The van der Waals surface area contributed by atoms with Crippen LogP contribution in [0.1, 0.15) is 71.9 Å². The van der Waals surface area contributed by atoms with Gasteiger partial charge >= 0.3 is 19.5 Å². The first-order valence-corrected chi connectivity index (χ1v) is 34.2. The topological polar surface area (TPSA) is 113 Å². The molecule has 9 heterocycles. The molecule has 2 aliphatic carbocycles. The Balaban J connectivity index is 0.000000145. The third kappa shape index (κ3) is 15.9. The van der Waals surface area contributed by atoms with Crippen molar-refractivity contribution in [1.82, 2.24) is 38.8 Å². The van der Waals surface area contributed by atoms with Crippen LogP contribution in [0.3, 0.4) is 0 Å². The van der Waals surface area contributed by atoms with Gasteiger partial charge in [0.05, 0.1) is 33.6 Å². The summed E-state index contributed by atoms with van der Waals surface area (Å²) < 4.78 is 101. The molecule has 7 aliphatic rings. The zero-order valence-electron chi connectivity index (χ0n) is 54.7. The number of alkyl halides is 6. The Labute approximate surface area is 572 Å². The van der Waals surface area contributed by atoms with Gasteiger partial charge in [-0.25, -0.2) is 9.03 Å². The van der Waals surface area contributed by atoms with E-state index in [1.54, 1.807) is 42.6 Å². The monoisotopic (exact) mass is 1400 g/mol. The van der Waals surface area contributed by atoms with Crippen molar-refractivity contribution in [1.29, 1.82) is 0 Å². The summed E-state index contributed by atoms with van der Waals surface area (Å²) in [6.45, 7) is 17.3. The highest BCUT2D eigenvalue weighted by Crippen LogP contribution is 2.40. The average Bonchev–Trinajstić information content (AvgIpc) is 1.69. The number of benzene rings is 4. The molecule has 7 fully saturated rings. The van der Waals surface area contributed by atoms with Crippen LogP contribution in [0.15, 0.2) is 163 Å². The smallest absolute Gasteiger partial charge is 0.399 e. The van der Waals surface area contributed by atoms with Crippen LogP contribution in [0.25, 0.3) is 22.2 Å². The van der Waals surface area contributed by atoms with Crippen molar-refractivity contribution >= 4 is 74.1 Å². The van der Waals surface area contributed by atoms with Gasteiger partial charge in [0.1, 0.15) is 12.1 Å². The van der Waals surface area contributed by atoms with Crippen LogP contribution in [0, 0.1) is 11.8 Å². The number of aromatic nitrogens is 4. The fourth-order valence-electron chi connectivity index (χ4n) is 13.6. The van der Waals surface area contributed by atoms with E-state index in [2.05, 4.69) is 81.8 Å². The van der Waals surface area contributed by atoms with Crippen LogP contribution in [-0.2, 0) is 32.0 Å². The van der Waals surface area contributed by atoms with Crippen LogP contribution < -0.4 is 25.1 Å². The van der Waals surface area contributed by atoms with E-state index in [0.717, 1.165) is 133 Å². The van der Waals surface area contributed by atoms with Crippen LogP contribution in [0.4, 0.5) is 49.1 Å². The molecule has 2 atom stereocenters. The molecule has 0 N–H and O–H groups in total. The van der Waals surface area contributed by atoms with Crippen LogP contribution in [0.2, 0.25) is 0 Å². The zero-order chi connectivity index (χ0) is 67.1. The first-order valence-electron chi connectivity index (χ1n) is 33.4. The van der Waals surface area contributed by atoms with Gasteiger partial charge < -0.3 is 38.7 Å². The van der Waals surface area contributed by atoms with Crippen molar-refractivity contribution in [3.8, 4) is 11.1 Å². The maximum atomic E-state index is 14.2. The first kappa shape index (κ1) is 69.3. The Hall–Kier alpha value is -7.64. The minimum absolute atomic E-state index is 0. The normalized spacial score (nSPS) is 20.9. The molecule has 2 unspecified atom stereocenters. The van der Waals surface area contributed by atoms with Gasteiger partial charge in [-0.1, -0.05) is 96.2 Å². The van der Waals surface area contributed by atoms with Crippen LogP contribution in [0.5, 0.6) is 0 Å². The van der Waals surface area contributed by atoms with Crippen molar-refractivity contribution in [3.05, 3.63) is 174 Å². The summed E-state index contributed by atoms with van der Waals surface area (Å²) in [6.07, 6.45) is 3.14. The molecule has 4 aromatic heterocycles. The van der Waals surface area contributed by atoms with Crippen molar-refractivity contribution in [2.24, 2.45) is 11.8 Å². The zero-order valence-corrected chi connectivity index (χ0v) is 56.3. The summed E-state index contributed by atoms with van der Waals surface area (Å²) in [4.78, 5) is 40.2. The lowest BCUT2D eigenvalue weighted by atomic mass is 9.81. The summed E-state index contributed by atoms with van der Waals surface area (Å²) in [6, 6.07) is 38.9. The van der Waals surface area contributed by atoms with E-state index in [4.69, 9.17) is 9.31 Å². The molecule has 0 bridgehead atoms. The molecule has 97 heavy (non-hydrogen) atoms. The Bertz CT molecular complexity index is 3950. The van der Waals surface area contributed by atoms with Gasteiger partial charge in [0.25, 0.3) is 0 Å². The van der Waals surface area contributed by atoms with Gasteiger partial charge in [-0.15, -0.1) is 0 Å². The standard InChI is InChI=1S/C33H35F3N6O.C21H29BN4O3.C18H18BrF3N2.CH4/c34-33(35,36)31-23-38(21-24-4-2-1-3-5-24)14-19-41(31)28-10-8-25(9-11-28)27-20-30-29(12-13-37-42(30)22-27)39-15-17-40(18-16-39)32(43)26-6-7-26;1-20(2)21(3,4)29-22(28-20)16-13-18-17(7-8-23-26(18)14-16)24-9-11-25(12-10-24)19(27)15-5-6-15;19-15-6-8-16(9-7-15)24-11-10-23(13-17(24)18(20,21)22)12-14-4-2-1-3-5-14;/h1-5,8-13,20,22,26,31H,6-7,14-19,21,23H2;7-8,13-15H,5-6,9-12H2,1-4H3;1-9,17H,10-13H2;1H4. The fourth-order valence-corrected chi connectivity index (χ4v) is 13.9. The van der Waals surface area contributed by atoms with Gasteiger partial charge in [-0.05, 0) is 131 Å². The Morgan fingerprint density at radius 3 is 1.35 bits per heavy atom. The fraction of sp³-hybridized carbons (Fsp3) is 0.452. The number of rotatable bonds is 12. The molecular formula is C73H86BBrF6N12O4. The number of anilines is 4. The lowest BCUT2D eigenvalue weighted by molar-refractivity contribution is -0.157. The third-order valence-corrected chi connectivity index (χ3v) is 20.6. The molecule has 514 valence electrons. The SMILES string of the molecule is C.CC1(C)OB(c2cc3c(N4CCN(C(=O)C5CC5)CC4)ccnn3c2)OC1(C)C.FC(F)(F)C1CN(Cc2ccccc2)CCN1c1ccc(Br)cc1.O=C(C1CC1)N1CCN(c2ccnn3cc(-c4ccc(N5CCN(Cc6ccccc6)CC5C(F)(F)F)cc4)cc23)CC1. The quantitative estimate of drug-likeness (QED) is 0.0857. The molecule has 8 aromatic rings. The predicted octanol–water partition coefficient (Wildman–Crippen LogP) is 12.3. The molecule has 2 saturated carbocycles. The van der Waals surface area contributed by atoms with Crippen molar-refractivity contribution in [3.63, 3.8) is 0 Å². The van der Waals surface area contributed by atoms with E-state index in [-0.39, 0.29) is 37.6 Å². The van der Waals surface area contributed by atoms with Crippen LogP contribution in [-0.4, -0.2) is 185 Å². The minimum Gasteiger partial charge on any atom is -0.399 e. The summed E-state index contributed by atoms with van der Waals surface area (Å²) in [5.41, 5.74) is 9.57. The molecule has 4 aromatic carbocycles. The molecule has 5 aliphatic heterocycles. The molecule has 2 amide bonds. The summed E-state index contributed by atoms with van der Waals surface area (Å²) >= 11 is 3.32. The van der Waals surface area contributed by atoms with Gasteiger partial charge in [0.2, 0.25) is 11.8 Å². The number of amides is 2. The highest BCUT2D eigenvalue weighted by Gasteiger charge is 2.53. The highest BCUT2D eigenvalue weighted by atomic mass is 79.9. The maximum Gasteiger partial charge on any atom is 0.496 e. The number of nitrogens with zero attached hydrogens (tertiary/aromatic N) is 12. The van der Waals surface area contributed by atoms with E-state index < -0.39 is 31.6 Å². The predicted molar refractivity (Wildman–Crippen MR) is 373 cm³/mol. The van der Waals surface area contributed by atoms with Gasteiger partial charge in [0.15, 0.2) is 0 Å². The van der Waals surface area contributed by atoms with E-state index in [1.807, 2.05) is 126 Å². The highest BCUT2D eigenvalue weighted by molar-refractivity contribution is 9.10. The van der Waals surface area contributed by atoms with Crippen molar-refractivity contribution < 1.29 is 45.2 Å². The molecule has 24 heteroatoms. The van der Waals surface area contributed by atoms with Crippen LogP contribution >= 0.6 is 15.9 Å². The molecule has 16 nitrogen and oxygen atoms in total. The molecule has 5 saturated heterocycles. The molecule has 0 radical (unpaired) electrons. The van der Waals surface area contributed by atoms with Gasteiger partial charge in [-0.2, -0.15) is 36.5 Å². The average molecular weight is 1400 g/mol. The molecule has 0 spiro atoms. The second-order valence-electron chi connectivity index (χ2n) is 27.3. The first-order chi connectivity index (χ1) is 46.0. The number of halogens is 7. The lowest BCUT2D eigenvalue weighted by Gasteiger charge is -2.43. The number of piperazine rings is 4. The Morgan fingerprint density at radius 1 is 0.515 bits per heavy atom. The van der Waals surface area contributed by atoms with E-state index in [9.17, 15) is 35.9 Å². The summed E-state index contributed by atoms with van der Waals surface area (Å²) in [5, 5.41) is 9.00. The van der Waals surface area contributed by atoms with Gasteiger partial charge in [0, 0.05) is 168 Å². The van der Waals surface area contributed by atoms with E-state index in [0.29, 0.717) is 68.4 Å². The second-order valence-corrected chi connectivity index (χ2v) is 28.2. The lowest BCUT2D eigenvalue weighted by Crippen LogP contribution is -2.59. The maximum absolute atomic E-state index is 14.2. The largest absolute Gasteiger partial charge is 0.496 e. The number of carbonyl (C=O) groups is 2. The summed E-state index contributed by atoms with van der Waals surface area (Å²) in [5.74, 6) is 1.17. The van der Waals surface area contributed by atoms with Crippen molar-refractivity contribution in [2.45, 2.75) is 110 Å². The molecular weight excluding hydrogens is 1310 g/mol. The Morgan fingerprint density at radius 2 is 0.928 bits per heavy atom. The van der Waals surface area contributed by atoms with E-state index in [1.165, 1.54) is 9.80 Å². The van der Waals surface area contributed by atoms with Gasteiger partial charge in [-0.3, -0.25) is 19.4 Å². The number of hydrogen-bond acceptors (Lipinski definition) is 12. The minimum atomic E-state index is -4.34. The second kappa shape index (κ2) is 28.7. The number of fused-ring (bicyclic) bond motifs is 2. The molecule has 15 rings (SSSR count). The summed E-state index contributed by atoms with van der Waals surface area (Å²) in [7, 11) is -0.400.